The number of hydrogen-bond donors (Lipinski definition) is 2. The molecule has 150 valence electrons. The van der Waals surface area contributed by atoms with E-state index < -0.39 is 0 Å². The molecule has 5 nitrogen and oxygen atoms in total. The minimum absolute atomic E-state index is 0.0638. The minimum atomic E-state index is -0.338. The lowest BCUT2D eigenvalue weighted by molar-refractivity contribution is -0.115. The Kier molecular flexibility index (Phi) is 6.86. The zero-order chi connectivity index (χ0) is 20.1. The number of carbonyl (C=O) groups excluding carboxylic acids is 2. The summed E-state index contributed by atoms with van der Waals surface area (Å²) in [6, 6.07) is 10.1. The molecule has 1 heterocycles. The Hall–Kier alpha value is -2.18. The molecule has 0 radical (unpaired) electrons. The SMILES string of the molecule is CCOC(=O)c1c(NC(=O)CN[C@@H](C)c2ccccc2)sc2c1CC[C@@H](C)C2. The molecule has 1 amide bonds. The standard InChI is InChI=1S/C22H28N2O3S/c1-4-27-22(26)20-17-11-10-14(2)12-18(17)28-21(20)24-19(25)13-23-15(3)16-8-6-5-7-9-16/h5-9,14-15,23H,4,10-13H2,1-3H3,(H,24,25)/t14-,15+/m1/s1. The first-order chi connectivity index (χ1) is 13.5. The molecule has 0 saturated heterocycles. The van der Waals surface area contributed by atoms with E-state index in [0.717, 1.165) is 30.4 Å². The van der Waals surface area contributed by atoms with Gasteiger partial charge in [-0.25, -0.2) is 4.79 Å². The van der Waals surface area contributed by atoms with Crippen molar-refractivity contribution in [1.82, 2.24) is 5.32 Å². The average Bonchev–Trinajstić information content (AvgIpc) is 3.03. The quantitative estimate of drug-likeness (QED) is 0.679. The van der Waals surface area contributed by atoms with E-state index in [-0.39, 0.29) is 24.5 Å². The highest BCUT2D eigenvalue weighted by molar-refractivity contribution is 7.17. The molecule has 28 heavy (non-hydrogen) atoms. The fraction of sp³-hybridized carbons (Fsp3) is 0.455. The fourth-order valence-corrected chi connectivity index (χ4v) is 4.95. The van der Waals surface area contributed by atoms with Crippen molar-refractivity contribution < 1.29 is 14.3 Å². The third-order valence-corrected chi connectivity index (χ3v) is 6.28. The maximum absolute atomic E-state index is 12.5. The summed E-state index contributed by atoms with van der Waals surface area (Å²) in [4.78, 5) is 26.3. The van der Waals surface area contributed by atoms with Crippen LogP contribution in [0.25, 0.3) is 0 Å². The van der Waals surface area contributed by atoms with Gasteiger partial charge in [-0.3, -0.25) is 4.79 Å². The summed E-state index contributed by atoms with van der Waals surface area (Å²) in [5.74, 6) is 0.105. The molecule has 0 aliphatic heterocycles. The lowest BCUT2D eigenvalue weighted by Gasteiger charge is -2.18. The van der Waals surface area contributed by atoms with Crippen molar-refractivity contribution in [2.75, 3.05) is 18.5 Å². The van der Waals surface area contributed by atoms with E-state index in [1.807, 2.05) is 37.3 Å². The van der Waals surface area contributed by atoms with Crippen LogP contribution in [0, 0.1) is 5.92 Å². The molecule has 0 unspecified atom stereocenters. The summed E-state index contributed by atoms with van der Waals surface area (Å²) in [6.07, 6.45) is 2.87. The van der Waals surface area contributed by atoms with E-state index in [1.165, 1.54) is 16.2 Å². The van der Waals surface area contributed by atoms with E-state index in [1.54, 1.807) is 6.92 Å². The summed E-state index contributed by atoms with van der Waals surface area (Å²) in [5.41, 5.74) is 2.74. The predicted molar refractivity (Wildman–Crippen MR) is 113 cm³/mol. The van der Waals surface area contributed by atoms with Crippen LogP contribution in [0.15, 0.2) is 30.3 Å². The number of carbonyl (C=O) groups is 2. The first kappa shape index (κ1) is 20.6. The maximum atomic E-state index is 12.5. The fourth-order valence-electron chi connectivity index (χ4n) is 3.53. The van der Waals surface area contributed by atoms with Gasteiger partial charge in [-0.15, -0.1) is 11.3 Å². The Morgan fingerprint density at radius 2 is 2.04 bits per heavy atom. The number of hydrogen-bond acceptors (Lipinski definition) is 5. The van der Waals surface area contributed by atoms with Crippen molar-refractivity contribution in [3.8, 4) is 0 Å². The molecule has 1 aromatic heterocycles. The van der Waals surface area contributed by atoms with Crippen molar-refractivity contribution in [2.24, 2.45) is 5.92 Å². The Labute approximate surface area is 170 Å². The van der Waals surface area contributed by atoms with E-state index in [9.17, 15) is 9.59 Å². The zero-order valence-electron chi connectivity index (χ0n) is 16.7. The number of rotatable bonds is 7. The van der Waals surface area contributed by atoms with Crippen molar-refractivity contribution in [3.05, 3.63) is 51.9 Å². The molecule has 0 spiro atoms. The molecule has 3 rings (SSSR count). The highest BCUT2D eigenvalue weighted by atomic mass is 32.1. The Balaban J connectivity index is 1.70. The van der Waals surface area contributed by atoms with Crippen LogP contribution in [0.3, 0.4) is 0 Å². The van der Waals surface area contributed by atoms with E-state index >= 15 is 0 Å². The van der Waals surface area contributed by atoms with Gasteiger partial charge in [-0.2, -0.15) is 0 Å². The number of esters is 1. The largest absolute Gasteiger partial charge is 0.462 e. The second-order valence-electron chi connectivity index (χ2n) is 7.34. The number of benzene rings is 1. The van der Waals surface area contributed by atoms with E-state index in [4.69, 9.17) is 4.74 Å². The van der Waals surface area contributed by atoms with Crippen molar-refractivity contribution in [1.29, 1.82) is 0 Å². The predicted octanol–water partition coefficient (Wildman–Crippen LogP) is 4.34. The van der Waals surface area contributed by atoms with Gasteiger partial charge < -0.3 is 15.4 Å². The monoisotopic (exact) mass is 400 g/mol. The highest BCUT2D eigenvalue weighted by Gasteiger charge is 2.29. The lowest BCUT2D eigenvalue weighted by Crippen LogP contribution is -2.30. The molecule has 2 N–H and O–H groups in total. The van der Waals surface area contributed by atoms with Crippen molar-refractivity contribution in [2.45, 2.75) is 46.1 Å². The third kappa shape index (κ3) is 4.80. The normalized spacial score (nSPS) is 16.9. The van der Waals surface area contributed by atoms with Gasteiger partial charge in [-0.1, -0.05) is 37.3 Å². The van der Waals surface area contributed by atoms with Gasteiger partial charge in [0.15, 0.2) is 0 Å². The summed E-state index contributed by atoms with van der Waals surface area (Å²) in [7, 11) is 0. The van der Waals surface area contributed by atoms with Crippen LogP contribution in [0.5, 0.6) is 0 Å². The second-order valence-corrected chi connectivity index (χ2v) is 8.44. The molecule has 2 aromatic rings. The van der Waals surface area contributed by atoms with Gasteiger partial charge in [0.05, 0.1) is 18.7 Å². The second kappa shape index (κ2) is 9.34. The van der Waals surface area contributed by atoms with Crippen LogP contribution in [0.2, 0.25) is 0 Å². The molecule has 0 bridgehead atoms. The molecule has 6 heteroatoms. The molecule has 1 aromatic carbocycles. The van der Waals surface area contributed by atoms with Crippen LogP contribution in [0.4, 0.5) is 5.00 Å². The maximum Gasteiger partial charge on any atom is 0.341 e. The molecule has 0 fully saturated rings. The molecule has 1 aliphatic carbocycles. The van der Waals surface area contributed by atoms with Crippen LogP contribution in [-0.2, 0) is 22.4 Å². The highest BCUT2D eigenvalue weighted by Crippen LogP contribution is 2.40. The number of fused-ring (bicyclic) bond motifs is 1. The number of ether oxygens (including phenoxy) is 1. The first-order valence-corrected chi connectivity index (χ1v) is 10.7. The van der Waals surface area contributed by atoms with Gasteiger partial charge in [0.25, 0.3) is 0 Å². The van der Waals surface area contributed by atoms with Gasteiger partial charge in [0.1, 0.15) is 5.00 Å². The van der Waals surface area contributed by atoms with Crippen LogP contribution >= 0.6 is 11.3 Å². The van der Waals surface area contributed by atoms with Gasteiger partial charge >= 0.3 is 5.97 Å². The number of thiophene rings is 1. The Morgan fingerprint density at radius 1 is 1.29 bits per heavy atom. The summed E-state index contributed by atoms with van der Waals surface area (Å²) < 4.78 is 5.26. The van der Waals surface area contributed by atoms with Gasteiger partial charge in [-0.05, 0) is 50.2 Å². The summed E-state index contributed by atoms with van der Waals surface area (Å²) in [5, 5.41) is 6.80. The van der Waals surface area contributed by atoms with Gasteiger partial charge in [0, 0.05) is 10.9 Å². The third-order valence-electron chi connectivity index (χ3n) is 5.11. The Bertz CT molecular complexity index is 832. The molecule has 2 atom stereocenters. The Morgan fingerprint density at radius 3 is 2.75 bits per heavy atom. The van der Waals surface area contributed by atoms with E-state index in [2.05, 4.69) is 17.6 Å². The summed E-state index contributed by atoms with van der Waals surface area (Å²) in [6.45, 7) is 6.55. The lowest BCUT2D eigenvalue weighted by atomic mass is 9.88. The number of amides is 1. The first-order valence-electron chi connectivity index (χ1n) is 9.89. The molecule has 1 aliphatic rings. The number of nitrogens with one attached hydrogen (secondary N) is 2. The smallest absolute Gasteiger partial charge is 0.341 e. The van der Waals surface area contributed by atoms with Crippen LogP contribution in [-0.4, -0.2) is 25.0 Å². The summed E-state index contributed by atoms with van der Waals surface area (Å²) >= 11 is 1.52. The molecular formula is C22H28N2O3S. The topological polar surface area (TPSA) is 67.4 Å². The molecule has 0 saturated carbocycles. The van der Waals surface area contributed by atoms with E-state index in [0.29, 0.717) is 23.1 Å². The average molecular weight is 401 g/mol. The van der Waals surface area contributed by atoms with Crippen molar-refractivity contribution >= 4 is 28.2 Å². The zero-order valence-corrected chi connectivity index (χ0v) is 17.5. The number of anilines is 1. The van der Waals surface area contributed by atoms with Crippen LogP contribution < -0.4 is 10.6 Å². The van der Waals surface area contributed by atoms with Crippen LogP contribution in [0.1, 0.15) is 59.6 Å². The molecular weight excluding hydrogens is 372 g/mol. The minimum Gasteiger partial charge on any atom is -0.462 e. The van der Waals surface area contributed by atoms with Gasteiger partial charge in [0.2, 0.25) is 5.91 Å². The van der Waals surface area contributed by atoms with Crippen molar-refractivity contribution in [3.63, 3.8) is 0 Å².